The van der Waals surface area contributed by atoms with Crippen molar-refractivity contribution in [2.24, 2.45) is 0 Å². The molecule has 2 heteroatoms. The fourth-order valence-corrected chi connectivity index (χ4v) is 3.40. The molecule has 0 aliphatic heterocycles. The molecule has 2 atom stereocenters. The minimum Gasteiger partial charge on any atom is -0.361 e. The largest absolute Gasteiger partial charge is 0.361 e. The second-order valence-electron chi connectivity index (χ2n) is 6.12. The highest BCUT2D eigenvalue weighted by atomic mass is 14.9. The van der Waals surface area contributed by atoms with Gasteiger partial charge in [0.2, 0.25) is 0 Å². The maximum absolute atomic E-state index is 3.74. The molecular weight excluding hydrogens is 244 g/mol. The van der Waals surface area contributed by atoms with Crippen LogP contribution in [0.4, 0.5) is 0 Å². The first kappa shape index (κ1) is 13.4. The maximum atomic E-state index is 3.74. The van der Waals surface area contributed by atoms with Gasteiger partial charge in [-0.1, -0.05) is 30.7 Å². The molecule has 106 valence electrons. The van der Waals surface area contributed by atoms with E-state index in [1.54, 1.807) is 0 Å². The van der Waals surface area contributed by atoms with E-state index >= 15 is 0 Å². The summed E-state index contributed by atoms with van der Waals surface area (Å²) in [5.74, 6) is 0.485. The van der Waals surface area contributed by atoms with E-state index in [9.17, 15) is 0 Å². The summed E-state index contributed by atoms with van der Waals surface area (Å²) in [7, 11) is 0. The van der Waals surface area contributed by atoms with Crippen LogP contribution in [0.15, 0.2) is 36.0 Å². The zero-order chi connectivity index (χ0) is 14.1. The average Bonchev–Trinajstić information content (AvgIpc) is 2.84. The van der Waals surface area contributed by atoms with Crippen molar-refractivity contribution < 1.29 is 0 Å². The molecule has 0 saturated carbocycles. The van der Waals surface area contributed by atoms with Crippen molar-refractivity contribution in [1.29, 1.82) is 0 Å². The first-order valence-electron chi connectivity index (χ1n) is 7.68. The summed E-state index contributed by atoms with van der Waals surface area (Å²) in [6.07, 6.45) is 6.92. The van der Waals surface area contributed by atoms with E-state index < -0.39 is 0 Å². The highest BCUT2D eigenvalue weighted by Gasteiger charge is 2.29. The maximum Gasteiger partial charge on any atom is 0.0459 e. The minimum atomic E-state index is 0.485. The van der Waals surface area contributed by atoms with Crippen molar-refractivity contribution in [3.05, 3.63) is 47.2 Å². The quantitative estimate of drug-likeness (QED) is 0.801. The van der Waals surface area contributed by atoms with E-state index in [1.807, 2.05) is 0 Å². The number of hydrogen-bond acceptors (Lipinski definition) is 1. The van der Waals surface area contributed by atoms with Gasteiger partial charge in [-0.25, -0.2) is 0 Å². The number of H-pyrrole nitrogens is 1. The molecule has 1 aromatic carbocycles. The van der Waals surface area contributed by atoms with Crippen molar-refractivity contribution in [3.63, 3.8) is 0 Å². The molecular formula is C18H24N2. The zero-order valence-corrected chi connectivity index (χ0v) is 12.7. The molecule has 0 unspecified atom stereocenters. The predicted octanol–water partition coefficient (Wildman–Crippen LogP) is 4.14. The molecule has 3 rings (SSSR count). The SMILES string of the molecule is CCCN[C@@H]1Cc2c[nH]c3cccc(c23)[C@H]1C=C(C)C. The number of aromatic nitrogens is 1. The van der Waals surface area contributed by atoms with Gasteiger partial charge in [0.1, 0.15) is 0 Å². The van der Waals surface area contributed by atoms with Gasteiger partial charge in [0.25, 0.3) is 0 Å². The molecule has 2 N–H and O–H groups in total. The third-order valence-electron chi connectivity index (χ3n) is 4.22. The molecule has 2 nitrogen and oxygen atoms in total. The van der Waals surface area contributed by atoms with Crippen molar-refractivity contribution in [2.45, 2.75) is 45.6 Å². The zero-order valence-electron chi connectivity index (χ0n) is 12.7. The Morgan fingerprint density at radius 1 is 1.40 bits per heavy atom. The van der Waals surface area contributed by atoms with Gasteiger partial charge in [-0.15, -0.1) is 0 Å². The van der Waals surface area contributed by atoms with Crippen LogP contribution in [0, 0.1) is 0 Å². The van der Waals surface area contributed by atoms with Gasteiger partial charge in [0.15, 0.2) is 0 Å². The van der Waals surface area contributed by atoms with Crippen LogP contribution in [0.2, 0.25) is 0 Å². The first-order chi connectivity index (χ1) is 9.70. The van der Waals surface area contributed by atoms with E-state index in [0.717, 1.165) is 13.0 Å². The van der Waals surface area contributed by atoms with E-state index in [2.05, 4.69) is 61.5 Å². The lowest BCUT2D eigenvalue weighted by molar-refractivity contribution is 0.465. The molecule has 0 fully saturated rings. The van der Waals surface area contributed by atoms with E-state index in [4.69, 9.17) is 0 Å². The fraction of sp³-hybridized carbons (Fsp3) is 0.444. The minimum absolute atomic E-state index is 0.485. The number of aromatic amines is 1. The number of rotatable bonds is 4. The first-order valence-corrected chi connectivity index (χ1v) is 7.68. The Bertz CT molecular complexity index is 632. The van der Waals surface area contributed by atoms with Gasteiger partial charge >= 0.3 is 0 Å². The molecule has 20 heavy (non-hydrogen) atoms. The summed E-state index contributed by atoms with van der Waals surface area (Å²) >= 11 is 0. The van der Waals surface area contributed by atoms with E-state index in [0.29, 0.717) is 12.0 Å². The van der Waals surface area contributed by atoms with Crippen LogP contribution in [0.25, 0.3) is 10.9 Å². The molecule has 0 spiro atoms. The second kappa shape index (κ2) is 5.45. The predicted molar refractivity (Wildman–Crippen MR) is 86.3 cm³/mol. The number of hydrogen-bond donors (Lipinski definition) is 2. The lowest BCUT2D eigenvalue weighted by Gasteiger charge is -2.31. The second-order valence-corrected chi connectivity index (χ2v) is 6.12. The average molecular weight is 268 g/mol. The van der Waals surface area contributed by atoms with Crippen molar-refractivity contribution in [3.8, 4) is 0 Å². The Kier molecular flexibility index (Phi) is 3.66. The molecule has 0 radical (unpaired) electrons. The molecule has 0 saturated heterocycles. The molecule has 1 aliphatic rings. The smallest absolute Gasteiger partial charge is 0.0459 e. The fourth-order valence-electron chi connectivity index (χ4n) is 3.40. The summed E-state index contributed by atoms with van der Waals surface area (Å²) < 4.78 is 0. The number of benzene rings is 1. The Morgan fingerprint density at radius 2 is 2.25 bits per heavy atom. The molecule has 1 aliphatic carbocycles. The Morgan fingerprint density at radius 3 is 3.00 bits per heavy atom. The van der Waals surface area contributed by atoms with E-state index in [-0.39, 0.29) is 0 Å². The lowest BCUT2D eigenvalue weighted by Crippen LogP contribution is -2.38. The molecule has 1 aromatic heterocycles. The Hall–Kier alpha value is -1.54. The summed E-state index contributed by atoms with van der Waals surface area (Å²) in [4.78, 5) is 3.42. The lowest BCUT2D eigenvalue weighted by atomic mass is 9.79. The highest BCUT2D eigenvalue weighted by Crippen LogP contribution is 2.38. The number of nitrogens with one attached hydrogen (secondary N) is 2. The van der Waals surface area contributed by atoms with Crippen molar-refractivity contribution >= 4 is 10.9 Å². The molecule has 0 bridgehead atoms. The Labute approximate surface area is 121 Å². The summed E-state index contributed by atoms with van der Waals surface area (Å²) in [5.41, 5.74) is 5.61. The summed E-state index contributed by atoms with van der Waals surface area (Å²) in [6, 6.07) is 7.16. The van der Waals surface area contributed by atoms with Crippen LogP contribution < -0.4 is 5.32 Å². The van der Waals surface area contributed by atoms with Crippen LogP contribution in [0.1, 0.15) is 44.2 Å². The van der Waals surface area contributed by atoms with Crippen LogP contribution in [0.5, 0.6) is 0 Å². The third kappa shape index (κ3) is 2.29. The molecule has 2 aromatic rings. The van der Waals surface area contributed by atoms with Gasteiger partial charge in [-0.2, -0.15) is 0 Å². The van der Waals surface area contributed by atoms with Crippen LogP contribution in [0.3, 0.4) is 0 Å². The van der Waals surface area contributed by atoms with Gasteiger partial charge in [-0.3, -0.25) is 0 Å². The highest BCUT2D eigenvalue weighted by molar-refractivity contribution is 5.88. The summed E-state index contributed by atoms with van der Waals surface area (Å²) in [6.45, 7) is 7.72. The van der Waals surface area contributed by atoms with Crippen LogP contribution >= 0.6 is 0 Å². The normalized spacial score (nSPS) is 21.1. The standard InChI is InChI=1S/C18H24N2/c1-4-8-19-17-10-13-11-20-16-7-5-6-14(18(13)16)15(17)9-12(2)3/h5-7,9,11,15,17,19-20H,4,8,10H2,1-3H3/t15-,17-/m1/s1. The van der Waals surface area contributed by atoms with Gasteiger partial charge in [0, 0.05) is 29.1 Å². The third-order valence-corrected chi connectivity index (χ3v) is 4.22. The van der Waals surface area contributed by atoms with Gasteiger partial charge in [-0.05, 0) is 50.4 Å². The van der Waals surface area contributed by atoms with E-state index in [1.165, 1.54) is 34.0 Å². The number of allylic oxidation sites excluding steroid dienone is 1. The molecule has 0 amide bonds. The Balaban J connectivity index is 2.08. The topological polar surface area (TPSA) is 27.8 Å². The van der Waals surface area contributed by atoms with Gasteiger partial charge < -0.3 is 10.3 Å². The van der Waals surface area contributed by atoms with Crippen molar-refractivity contribution in [1.82, 2.24) is 10.3 Å². The van der Waals surface area contributed by atoms with Crippen LogP contribution in [-0.2, 0) is 6.42 Å². The van der Waals surface area contributed by atoms with Gasteiger partial charge in [0.05, 0.1) is 0 Å². The van der Waals surface area contributed by atoms with Crippen molar-refractivity contribution in [2.75, 3.05) is 6.54 Å². The monoisotopic (exact) mass is 268 g/mol. The molecule has 1 heterocycles. The summed E-state index contributed by atoms with van der Waals surface area (Å²) in [5, 5.41) is 5.19. The van der Waals surface area contributed by atoms with Crippen LogP contribution in [-0.4, -0.2) is 17.6 Å².